The van der Waals surface area contributed by atoms with Crippen molar-refractivity contribution in [2.24, 2.45) is 0 Å². The van der Waals surface area contributed by atoms with Crippen molar-refractivity contribution in [3.8, 4) is 0 Å². The molecule has 0 aromatic carbocycles. The Morgan fingerprint density at radius 3 is 1.80 bits per heavy atom. The van der Waals surface area contributed by atoms with Gasteiger partial charge in [-0.25, -0.2) is 0 Å². The summed E-state index contributed by atoms with van der Waals surface area (Å²) in [5.74, 6) is 0. The van der Waals surface area contributed by atoms with E-state index in [1.807, 2.05) is 0 Å². The van der Waals surface area contributed by atoms with Gasteiger partial charge >= 0.3 is 87.5 Å². The Morgan fingerprint density at radius 1 is 1.80 bits per heavy atom. The first-order valence-electron chi connectivity index (χ1n) is 0.632. The van der Waals surface area contributed by atoms with Crippen LogP contribution >= 0.6 is 0 Å². The molecule has 0 radical (unpaired) electrons. The van der Waals surface area contributed by atoms with Crippen LogP contribution in [0.25, 0.3) is 0 Å². The third kappa shape index (κ3) is 22.4. The summed E-state index contributed by atoms with van der Waals surface area (Å²) in [6.07, 6.45) is 0. The van der Waals surface area contributed by atoms with Crippen LogP contribution in [0.3, 0.4) is 0 Å². The minimum atomic E-state index is -3.83. The van der Waals surface area contributed by atoms with E-state index in [1.165, 1.54) is 0 Å². The molecule has 0 amide bonds. The molecule has 0 aliphatic heterocycles. The van der Waals surface area contributed by atoms with Crippen LogP contribution in [0.4, 0.5) is 0 Å². The van der Waals surface area contributed by atoms with Crippen molar-refractivity contribution in [2.75, 3.05) is 0 Å². The molecule has 0 fully saturated rings. The molecule has 0 rings (SSSR count). The molecule has 3 nitrogen and oxygen atoms in total. The summed E-state index contributed by atoms with van der Waals surface area (Å²) in [7, 11) is 0. The monoisotopic (exact) mass is 182 g/mol. The molecule has 1 N–H and O–H groups in total. The Bertz CT molecular complexity index is 29.9. The summed E-state index contributed by atoms with van der Waals surface area (Å²) in [5.41, 5.74) is 0. The van der Waals surface area contributed by atoms with Gasteiger partial charge in [-0.2, -0.15) is 0 Å². The van der Waals surface area contributed by atoms with E-state index in [4.69, 9.17) is 10.7 Å². The van der Waals surface area contributed by atoms with Gasteiger partial charge in [0.15, 0.2) is 0 Å². The summed E-state index contributed by atoms with van der Waals surface area (Å²) >= 11 is -3.83. The van der Waals surface area contributed by atoms with Gasteiger partial charge in [0.05, 0.1) is 0 Å². The van der Waals surface area contributed by atoms with Crippen LogP contribution in [-0.2, 0) is 21.9 Å². The zero-order valence-electron chi connectivity index (χ0n) is 2.76. The fourth-order valence-electron chi connectivity index (χ4n) is 0. The zero-order chi connectivity index (χ0) is 3.58. The van der Waals surface area contributed by atoms with E-state index in [-0.39, 0.29) is 58.2 Å². The third-order valence-electron chi connectivity index (χ3n) is 0. The molecule has 0 aromatic rings. The molecule has 0 bridgehead atoms. The van der Waals surface area contributed by atoms with Crippen LogP contribution in [0.15, 0.2) is 0 Å². The first-order valence-corrected chi connectivity index (χ1v) is 2.61. The molecule has 0 heterocycles. The minimum Gasteiger partial charge on any atom is 1.00 e. The number of rotatable bonds is 0. The third-order valence-corrected chi connectivity index (χ3v) is 0. The molecule has 0 aromatic heterocycles. The average molecular weight is 182 g/mol. The molecular weight excluding hydrogens is 181 g/mol. The molecule has 0 unspecified atom stereocenters. The van der Waals surface area contributed by atoms with Gasteiger partial charge in [0.2, 0.25) is 0 Å². The Morgan fingerprint density at radius 2 is 1.80 bits per heavy atom. The minimum absolute atomic E-state index is 0. The average Bonchev–Trinajstić information content (AvgIpc) is 0.811. The molecule has 5 heavy (non-hydrogen) atoms. The van der Waals surface area contributed by atoms with Crippen LogP contribution in [0.1, 0.15) is 0 Å². The van der Waals surface area contributed by atoms with Crippen molar-refractivity contribution in [2.45, 2.75) is 0 Å². The topological polar surface area (TPSA) is 60.4 Å². The molecule has 0 saturated heterocycles. The van der Waals surface area contributed by atoms with Crippen LogP contribution in [0.5, 0.6) is 0 Å². The summed E-state index contributed by atoms with van der Waals surface area (Å²) < 4.78 is 24.5. The Hall–Kier alpha value is 2.24. The van der Waals surface area contributed by atoms with E-state index >= 15 is 0 Å². The predicted octanol–water partition coefficient (Wildman–Crippen LogP) is -4.86. The molecule has 0 saturated carbocycles. The normalized spacial score (nSPS) is 5.20. The second-order valence-corrected chi connectivity index (χ2v) is 1.10. The maximum Gasteiger partial charge on any atom is 1.00 e. The Labute approximate surface area is 85.3 Å². The second-order valence-electron chi connectivity index (χ2n) is 0.266. The number of hydrogen-bond donors (Lipinski definition) is 1. The Kier molecular flexibility index (Phi) is 12.8. The first kappa shape index (κ1) is 10.3. The summed E-state index contributed by atoms with van der Waals surface area (Å²) in [4.78, 5) is 0. The summed E-state index contributed by atoms with van der Waals surface area (Å²) in [6, 6.07) is 0. The van der Waals surface area contributed by atoms with Crippen LogP contribution in [-0.4, -0.2) is 3.69 Å². The Balaban J connectivity index is 0. The molecule has 5 heteroatoms. The van der Waals surface area contributed by atoms with Gasteiger partial charge < -0.3 is 0 Å². The SMILES string of the molecule is [O]=[Ti]([O-])[OH].[Rb+]. The van der Waals surface area contributed by atoms with Crippen molar-refractivity contribution in [3.63, 3.8) is 0 Å². The van der Waals surface area contributed by atoms with E-state index in [9.17, 15) is 0 Å². The largest absolute Gasteiger partial charge is 1.00 e. The summed E-state index contributed by atoms with van der Waals surface area (Å²) in [5, 5.41) is 0. The van der Waals surface area contributed by atoms with Crippen molar-refractivity contribution >= 4 is 0 Å². The van der Waals surface area contributed by atoms with Gasteiger partial charge in [-0.05, 0) is 0 Å². The van der Waals surface area contributed by atoms with Gasteiger partial charge in [0.25, 0.3) is 0 Å². The molecular formula is HO3RbTi. The van der Waals surface area contributed by atoms with Gasteiger partial charge in [-0.15, -0.1) is 0 Å². The quantitative estimate of drug-likeness (QED) is 0.382. The van der Waals surface area contributed by atoms with Gasteiger partial charge in [0, 0.05) is 0 Å². The molecule has 0 spiro atoms. The van der Waals surface area contributed by atoms with E-state index in [0.717, 1.165) is 0 Å². The van der Waals surface area contributed by atoms with Gasteiger partial charge in [-0.1, -0.05) is 0 Å². The van der Waals surface area contributed by atoms with Crippen LogP contribution in [0, 0.1) is 0 Å². The van der Waals surface area contributed by atoms with Crippen molar-refractivity contribution in [3.05, 3.63) is 0 Å². The standard InChI is InChI=1S/H2O.2O.Rb.Ti/h1H2;;;;/q;;-1;2*+1/p-1. The fourth-order valence-corrected chi connectivity index (χ4v) is 0. The van der Waals surface area contributed by atoms with Gasteiger partial charge in [-0.3, -0.25) is 0 Å². The second kappa shape index (κ2) is 6.24. The summed E-state index contributed by atoms with van der Waals surface area (Å²) in [6.45, 7) is 0. The maximum absolute atomic E-state index is 8.69. The molecule has 0 atom stereocenters. The molecule has 0 aliphatic carbocycles. The van der Waals surface area contributed by atoms with E-state index < -0.39 is 18.6 Å². The maximum atomic E-state index is 8.69. The van der Waals surface area contributed by atoms with Crippen LogP contribution < -0.4 is 61.9 Å². The van der Waals surface area contributed by atoms with Crippen molar-refractivity contribution < 1.29 is 87.5 Å². The van der Waals surface area contributed by atoms with Crippen molar-refractivity contribution in [1.82, 2.24) is 0 Å². The molecule has 0 aliphatic rings. The fraction of sp³-hybridized carbons (Fsp3) is 0. The van der Waals surface area contributed by atoms with Gasteiger partial charge in [0.1, 0.15) is 0 Å². The van der Waals surface area contributed by atoms with E-state index in [2.05, 4.69) is 0 Å². The van der Waals surface area contributed by atoms with Crippen LogP contribution in [0.2, 0.25) is 0 Å². The smallest absolute Gasteiger partial charge is 1.00 e. The van der Waals surface area contributed by atoms with E-state index in [1.54, 1.807) is 0 Å². The zero-order valence-corrected chi connectivity index (χ0v) is 9.24. The van der Waals surface area contributed by atoms with Crippen molar-refractivity contribution in [1.29, 1.82) is 0 Å². The first-order chi connectivity index (χ1) is 1.73. The van der Waals surface area contributed by atoms with E-state index in [0.29, 0.717) is 0 Å². The number of hydrogen-bond acceptors (Lipinski definition) is 2. The predicted molar refractivity (Wildman–Crippen MR) is 2.91 cm³/mol. The molecule has 24 valence electrons.